The Balaban J connectivity index is 1.81. The Labute approximate surface area is 155 Å². The predicted molar refractivity (Wildman–Crippen MR) is 103 cm³/mol. The molecule has 0 aliphatic carbocycles. The Kier molecular flexibility index (Phi) is 7.05. The van der Waals surface area contributed by atoms with E-state index in [4.69, 9.17) is 4.74 Å². The number of piperidine rings is 1. The average Bonchev–Trinajstić information content (AvgIpc) is 2.58. The van der Waals surface area contributed by atoms with Gasteiger partial charge >= 0.3 is 6.03 Å². The molecule has 144 valence electrons. The van der Waals surface area contributed by atoms with Crippen LogP contribution in [0.25, 0.3) is 0 Å². The summed E-state index contributed by atoms with van der Waals surface area (Å²) in [6.45, 7) is 7.53. The van der Waals surface area contributed by atoms with Crippen molar-refractivity contribution in [2.75, 3.05) is 37.8 Å². The third-order valence-corrected chi connectivity index (χ3v) is 5.35. The lowest BCUT2D eigenvalue weighted by Gasteiger charge is -2.30. The van der Waals surface area contributed by atoms with Crippen LogP contribution in [0.4, 0.5) is 10.5 Å². The van der Waals surface area contributed by atoms with Crippen LogP contribution in [-0.2, 0) is 10.0 Å². The molecule has 8 heteroatoms. The van der Waals surface area contributed by atoms with Crippen LogP contribution in [0.1, 0.15) is 19.8 Å². The molecule has 0 saturated carbocycles. The van der Waals surface area contributed by atoms with Crippen molar-refractivity contribution in [1.82, 2.24) is 9.62 Å². The second-order valence-corrected chi connectivity index (χ2v) is 8.72. The molecule has 7 nitrogen and oxygen atoms in total. The highest BCUT2D eigenvalue weighted by atomic mass is 32.2. The maximum atomic E-state index is 12.1. The van der Waals surface area contributed by atoms with Crippen molar-refractivity contribution in [3.05, 3.63) is 36.4 Å². The summed E-state index contributed by atoms with van der Waals surface area (Å²) in [4.78, 5) is 12.1. The summed E-state index contributed by atoms with van der Waals surface area (Å²) in [5.74, 6) is 0.774. The van der Waals surface area contributed by atoms with E-state index < -0.39 is 10.0 Å². The van der Waals surface area contributed by atoms with Gasteiger partial charge in [-0.05, 0) is 43.4 Å². The molecular weight excluding hydrogens is 354 g/mol. The van der Waals surface area contributed by atoms with Crippen molar-refractivity contribution in [2.24, 2.45) is 5.92 Å². The lowest BCUT2D eigenvalue weighted by Crippen LogP contribution is -2.43. The summed E-state index contributed by atoms with van der Waals surface area (Å²) in [5.41, 5.74) is 1.54. The van der Waals surface area contributed by atoms with Gasteiger partial charge in [0.25, 0.3) is 0 Å². The fourth-order valence-electron chi connectivity index (χ4n) is 2.78. The van der Waals surface area contributed by atoms with E-state index >= 15 is 0 Å². The molecule has 0 bridgehead atoms. The zero-order valence-corrected chi connectivity index (χ0v) is 16.1. The monoisotopic (exact) mass is 381 g/mol. The van der Waals surface area contributed by atoms with Crippen molar-refractivity contribution in [2.45, 2.75) is 19.8 Å². The zero-order chi connectivity index (χ0) is 19.2. The highest BCUT2D eigenvalue weighted by molar-refractivity contribution is 7.88. The van der Waals surface area contributed by atoms with E-state index in [1.807, 2.05) is 13.0 Å². The Bertz CT molecular complexity index is 749. The molecule has 1 unspecified atom stereocenters. The molecule has 1 atom stereocenters. The maximum absolute atomic E-state index is 12.1. The third kappa shape index (κ3) is 6.68. The lowest BCUT2D eigenvalue weighted by atomic mass is 10.00. The van der Waals surface area contributed by atoms with Crippen molar-refractivity contribution in [1.29, 1.82) is 0 Å². The van der Waals surface area contributed by atoms with Crippen LogP contribution in [0.3, 0.4) is 0 Å². The topological polar surface area (TPSA) is 87.7 Å². The Morgan fingerprint density at radius 2 is 2.19 bits per heavy atom. The summed E-state index contributed by atoms with van der Waals surface area (Å²) >= 11 is 0. The number of urea groups is 1. The summed E-state index contributed by atoms with van der Waals surface area (Å²) in [7, 11) is -3.18. The van der Waals surface area contributed by atoms with Crippen LogP contribution in [0.2, 0.25) is 0 Å². The van der Waals surface area contributed by atoms with E-state index in [0.29, 0.717) is 37.7 Å². The molecule has 1 heterocycles. The molecule has 1 aliphatic rings. The minimum atomic E-state index is -3.18. The molecule has 2 N–H and O–H groups in total. The van der Waals surface area contributed by atoms with E-state index in [1.165, 1.54) is 10.6 Å². The van der Waals surface area contributed by atoms with Gasteiger partial charge in [0.2, 0.25) is 10.0 Å². The summed E-state index contributed by atoms with van der Waals surface area (Å²) in [6.07, 6.45) is 2.93. The minimum Gasteiger partial charge on any atom is -0.489 e. The zero-order valence-electron chi connectivity index (χ0n) is 15.3. The lowest BCUT2D eigenvalue weighted by molar-refractivity contribution is 0.239. The van der Waals surface area contributed by atoms with Crippen molar-refractivity contribution < 1.29 is 17.9 Å². The second kappa shape index (κ2) is 9.05. The van der Waals surface area contributed by atoms with Gasteiger partial charge in [-0.3, -0.25) is 0 Å². The van der Waals surface area contributed by atoms with Gasteiger partial charge in [-0.25, -0.2) is 17.5 Å². The highest BCUT2D eigenvalue weighted by Gasteiger charge is 2.25. The molecule has 0 aromatic heterocycles. The van der Waals surface area contributed by atoms with Crippen molar-refractivity contribution in [3.8, 4) is 5.75 Å². The van der Waals surface area contributed by atoms with E-state index in [1.54, 1.807) is 18.2 Å². The standard InChI is InChI=1S/C18H27N3O4S/c1-14(2)13-25-17-8-4-7-16(10-17)20-18(22)19-11-15-6-5-9-21(12-15)26(3,23)24/h4,7-8,10,15H,1,5-6,9,11-13H2,2-3H3,(H2,19,20,22). The first-order chi connectivity index (χ1) is 12.2. The number of nitrogens with zero attached hydrogens (tertiary/aromatic N) is 1. The number of nitrogens with one attached hydrogen (secondary N) is 2. The third-order valence-electron chi connectivity index (χ3n) is 4.08. The van der Waals surface area contributed by atoms with E-state index in [2.05, 4.69) is 17.2 Å². The highest BCUT2D eigenvalue weighted by Crippen LogP contribution is 2.19. The van der Waals surface area contributed by atoms with E-state index in [9.17, 15) is 13.2 Å². The van der Waals surface area contributed by atoms with Crippen LogP contribution < -0.4 is 15.4 Å². The molecule has 2 amide bonds. The van der Waals surface area contributed by atoms with Crippen LogP contribution in [0.5, 0.6) is 5.75 Å². The van der Waals surface area contributed by atoms with Crippen LogP contribution in [0, 0.1) is 5.92 Å². The van der Waals surface area contributed by atoms with E-state index in [0.717, 1.165) is 18.4 Å². The fraction of sp³-hybridized carbons (Fsp3) is 0.500. The molecule has 26 heavy (non-hydrogen) atoms. The Morgan fingerprint density at radius 3 is 2.88 bits per heavy atom. The molecule has 1 fully saturated rings. The molecule has 0 spiro atoms. The van der Waals surface area contributed by atoms with Crippen LogP contribution in [0.15, 0.2) is 36.4 Å². The Hall–Kier alpha value is -2.06. The minimum absolute atomic E-state index is 0.120. The molecular formula is C18H27N3O4S. The van der Waals surface area contributed by atoms with Crippen molar-refractivity contribution >= 4 is 21.7 Å². The molecule has 1 aliphatic heterocycles. The number of ether oxygens (including phenoxy) is 1. The molecule has 1 aromatic carbocycles. The summed E-state index contributed by atoms with van der Waals surface area (Å²) in [5, 5.41) is 5.58. The van der Waals surface area contributed by atoms with Gasteiger partial charge in [0.15, 0.2) is 0 Å². The van der Waals surface area contributed by atoms with Crippen LogP contribution >= 0.6 is 0 Å². The average molecular weight is 381 g/mol. The first-order valence-corrected chi connectivity index (χ1v) is 10.5. The van der Waals surface area contributed by atoms with Gasteiger partial charge in [0.05, 0.1) is 6.26 Å². The number of carbonyl (C=O) groups excluding carboxylic acids is 1. The number of carbonyl (C=O) groups is 1. The number of benzene rings is 1. The SMILES string of the molecule is C=C(C)COc1cccc(NC(=O)NCC2CCCN(S(C)(=O)=O)C2)c1. The predicted octanol–water partition coefficient (Wildman–Crippen LogP) is 2.43. The number of hydrogen-bond donors (Lipinski definition) is 2. The molecule has 1 aromatic rings. The first-order valence-electron chi connectivity index (χ1n) is 8.61. The van der Waals surface area contributed by atoms with Gasteiger partial charge in [0.1, 0.15) is 12.4 Å². The maximum Gasteiger partial charge on any atom is 0.319 e. The quantitative estimate of drug-likeness (QED) is 0.710. The number of amides is 2. The van der Waals surface area contributed by atoms with Gasteiger partial charge in [-0.2, -0.15) is 0 Å². The van der Waals surface area contributed by atoms with Gasteiger partial charge in [-0.1, -0.05) is 12.6 Å². The van der Waals surface area contributed by atoms with Crippen molar-refractivity contribution in [3.63, 3.8) is 0 Å². The van der Waals surface area contributed by atoms with Gasteiger partial charge in [-0.15, -0.1) is 0 Å². The molecule has 2 rings (SSSR count). The normalized spacial score (nSPS) is 18.2. The van der Waals surface area contributed by atoms with Gasteiger partial charge in [0, 0.05) is 31.4 Å². The van der Waals surface area contributed by atoms with Gasteiger partial charge < -0.3 is 15.4 Å². The fourth-order valence-corrected chi connectivity index (χ4v) is 3.72. The smallest absolute Gasteiger partial charge is 0.319 e. The first kappa shape index (κ1) is 20.3. The number of anilines is 1. The number of sulfonamides is 1. The Morgan fingerprint density at radius 1 is 1.42 bits per heavy atom. The van der Waals surface area contributed by atoms with Crippen LogP contribution in [-0.4, -0.2) is 51.3 Å². The largest absolute Gasteiger partial charge is 0.489 e. The van der Waals surface area contributed by atoms with E-state index in [-0.39, 0.29) is 11.9 Å². The molecule has 1 saturated heterocycles. The number of hydrogen-bond acceptors (Lipinski definition) is 4. The second-order valence-electron chi connectivity index (χ2n) is 6.74. The summed E-state index contributed by atoms with van der Waals surface area (Å²) < 4.78 is 30.3. The number of rotatable bonds is 7. The molecule has 0 radical (unpaired) electrons. The summed E-state index contributed by atoms with van der Waals surface area (Å²) in [6, 6.07) is 6.81.